The molecule has 7 heteroatoms. The maximum Gasteiger partial charge on any atom is 0.267 e. The first kappa shape index (κ1) is 17.0. The van der Waals surface area contributed by atoms with Crippen LogP contribution in [0.1, 0.15) is 5.56 Å². The average molecular weight is 379 g/mol. The summed E-state index contributed by atoms with van der Waals surface area (Å²) in [5.74, 6) is -0.614. The lowest BCUT2D eigenvalue weighted by Crippen LogP contribution is -2.33. The van der Waals surface area contributed by atoms with E-state index in [1.165, 1.54) is 17.0 Å². The molecule has 0 radical (unpaired) electrons. The molecule has 3 nitrogen and oxygen atoms in total. The van der Waals surface area contributed by atoms with Gasteiger partial charge in [0.05, 0.1) is 11.6 Å². The van der Waals surface area contributed by atoms with E-state index in [1.54, 1.807) is 30.3 Å². The van der Waals surface area contributed by atoms with Crippen LogP contribution < -0.4 is 5.32 Å². The van der Waals surface area contributed by atoms with Crippen LogP contribution in [0.15, 0.2) is 53.4 Å². The van der Waals surface area contributed by atoms with Crippen LogP contribution in [-0.4, -0.2) is 21.8 Å². The van der Waals surface area contributed by atoms with Crippen molar-refractivity contribution in [3.05, 3.63) is 69.8 Å². The van der Waals surface area contributed by atoms with Crippen molar-refractivity contribution in [2.24, 2.45) is 0 Å². The molecule has 2 aromatic carbocycles. The number of carbonyl (C=O) groups excluding carboxylic acids is 1. The highest BCUT2D eigenvalue weighted by Gasteiger charge is 2.31. The smallest absolute Gasteiger partial charge is 0.267 e. The number of nitrogens with one attached hydrogen (secondary N) is 1. The van der Waals surface area contributed by atoms with Gasteiger partial charge in [0.15, 0.2) is 0 Å². The molecule has 24 heavy (non-hydrogen) atoms. The lowest BCUT2D eigenvalue weighted by molar-refractivity contribution is -0.121. The van der Waals surface area contributed by atoms with Gasteiger partial charge in [-0.25, -0.2) is 4.39 Å². The van der Waals surface area contributed by atoms with Crippen LogP contribution in [0.3, 0.4) is 0 Å². The largest absolute Gasteiger partial charge is 0.367 e. The van der Waals surface area contributed by atoms with E-state index in [0.29, 0.717) is 19.8 Å². The number of benzene rings is 2. The Kier molecular flexibility index (Phi) is 5.18. The Labute approximate surface area is 153 Å². The number of nitrogens with zero attached hydrogens (tertiary/aromatic N) is 1. The van der Waals surface area contributed by atoms with E-state index in [9.17, 15) is 9.18 Å². The van der Waals surface area contributed by atoms with Crippen LogP contribution in [0.25, 0.3) is 6.08 Å². The van der Waals surface area contributed by atoms with E-state index >= 15 is 0 Å². The molecule has 1 amide bonds. The zero-order valence-electron chi connectivity index (χ0n) is 12.3. The van der Waals surface area contributed by atoms with Crippen LogP contribution >= 0.6 is 35.6 Å². The van der Waals surface area contributed by atoms with Gasteiger partial charge in [0.1, 0.15) is 10.1 Å². The summed E-state index contributed by atoms with van der Waals surface area (Å²) in [6, 6.07) is 13.4. The molecule has 0 unspecified atom stereocenters. The van der Waals surface area contributed by atoms with Crippen LogP contribution in [0.2, 0.25) is 5.02 Å². The van der Waals surface area contributed by atoms with Crippen molar-refractivity contribution in [2.75, 3.05) is 12.0 Å². The summed E-state index contributed by atoms with van der Waals surface area (Å²) in [6.07, 6.45) is 1.52. The molecule has 1 N–H and O–H groups in total. The molecule has 0 aliphatic carbocycles. The van der Waals surface area contributed by atoms with Gasteiger partial charge in [-0.3, -0.25) is 9.69 Å². The lowest BCUT2D eigenvalue weighted by Gasteiger charge is -2.16. The number of thioether (sulfide) groups is 1. The molecule has 1 aliphatic rings. The van der Waals surface area contributed by atoms with Crippen molar-refractivity contribution < 1.29 is 9.18 Å². The molecular formula is C17H12ClFN2OS2. The number of thiocarbonyl (C=S) groups is 1. The number of rotatable bonds is 4. The molecule has 1 heterocycles. The normalized spacial score (nSPS) is 16.1. The first-order valence-corrected chi connectivity index (χ1v) is 8.64. The fourth-order valence-corrected chi connectivity index (χ4v) is 3.48. The van der Waals surface area contributed by atoms with E-state index in [4.69, 9.17) is 23.8 Å². The summed E-state index contributed by atoms with van der Waals surface area (Å²) in [4.78, 5) is 14.3. The molecule has 3 rings (SSSR count). The minimum atomic E-state index is -0.373. The summed E-state index contributed by atoms with van der Waals surface area (Å²) in [7, 11) is 0. The zero-order valence-corrected chi connectivity index (χ0v) is 14.7. The first-order valence-electron chi connectivity index (χ1n) is 7.04. The number of hydrogen-bond acceptors (Lipinski definition) is 4. The molecule has 0 atom stereocenters. The van der Waals surface area contributed by atoms with Gasteiger partial charge in [-0.1, -0.05) is 53.8 Å². The third-order valence-electron chi connectivity index (χ3n) is 3.35. The molecule has 1 saturated heterocycles. The van der Waals surface area contributed by atoms with Crippen molar-refractivity contribution in [3.8, 4) is 0 Å². The quantitative estimate of drug-likeness (QED) is 0.614. The summed E-state index contributed by atoms with van der Waals surface area (Å²) in [5, 5.41) is 3.75. The number of anilines is 1. The number of hydrogen-bond donors (Lipinski definition) is 1. The van der Waals surface area contributed by atoms with E-state index < -0.39 is 0 Å². The number of carbonyl (C=O) groups is 1. The summed E-state index contributed by atoms with van der Waals surface area (Å²) in [5.41, 5.74) is 1.19. The van der Waals surface area contributed by atoms with E-state index in [1.807, 2.05) is 12.1 Å². The van der Waals surface area contributed by atoms with Crippen molar-refractivity contribution in [2.45, 2.75) is 0 Å². The average Bonchev–Trinajstić information content (AvgIpc) is 2.83. The van der Waals surface area contributed by atoms with Gasteiger partial charge in [-0.05, 0) is 36.4 Å². The highest BCUT2D eigenvalue weighted by Crippen LogP contribution is 2.32. The maximum atomic E-state index is 13.7. The zero-order chi connectivity index (χ0) is 17.1. The molecule has 0 saturated carbocycles. The Bertz CT molecular complexity index is 824. The van der Waals surface area contributed by atoms with E-state index in [0.717, 1.165) is 17.4 Å². The molecule has 2 aromatic rings. The highest BCUT2D eigenvalue weighted by atomic mass is 35.5. The van der Waals surface area contributed by atoms with Gasteiger partial charge in [0.2, 0.25) is 0 Å². The minimum Gasteiger partial charge on any atom is -0.367 e. The number of halogens is 2. The topological polar surface area (TPSA) is 32.3 Å². The Balaban J connectivity index is 1.72. The first-order chi connectivity index (χ1) is 11.5. The molecule has 0 bridgehead atoms. The van der Waals surface area contributed by atoms with Crippen LogP contribution in [-0.2, 0) is 4.79 Å². The van der Waals surface area contributed by atoms with E-state index in [-0.39, 0.29) is 18.4 Å². The van der Waals surface area contributed by atoms with Crippen molar-refractivity contribution in [3.63, 3.8) is 0 Å². The third kappa shape index (κ3) is 3.77. The fourth-order valence-electron chi connectivity index (χ4n) is 2.11. The predicted octanol–water partition coefficient (Wildman–Crippen LogP) is 4.75. The van der Waals surface area contributed by atoms with Gasteiger partial charge in [-0.2, -0.15) is 0 Å². The van der Waals surface area contributed by atoms with Crippen molar-refractivity contribution in [1.29, 1.82) is 0 Å². The second-order valence-electron chi connectivity index (χ2n) is 4.97. The Morgan fingerprint density at radius 1 is 1.21 bits per heavy atom. The van der Waals surface area contributed by atoms with Gasteiger partial charge in [0.25, 0.3) is 5.91 Å². The molecule has 0 aromatic heterocycles. The Hall–Kier alpha value is -1.89. The monoisotopic (exact) mass is 378 g/mol. The standard InChI is InChI=1S/C17H12ClFN2OS2/c18-12-5-7-13(8-6-12)20-10-21-16(22)15(24-17(21)23)9-11-3-1-2-4-14(11)19/h1-9,20H,10H2. The van der Waals surface area contributed by atoms with Gasteiger partial charge in [-0.15, -0.1) is 0 Å². The molecule has 1 aliphatic heterocycles. The molecule has 0 spiro atoms. The maximum absolute atomic E-state index is 13.7. The van der Waals surface area contributed by atoms with E-state index in [2.05, 4.69) is 5.32 Å². The highest BCUT2D eigenvalue weighted by molar-refractivity contribution is 8.26. The van der Waals surface area contributed by atoms with Crippen LogP contribution in [0.4, 0.5) is 10.1 Å². The molecule has 122 valence electrons. The van der Waals surface area contributed by atoms with Crippen LogP contribution in [0, 0.1) is 5.82 Å². The van der Waals surface area contributed by atoms with Crippen molar-refractivity contribution in [1.82, 2.24) is 4.90 Å². The third-order valence-corrected chi connectivity index (χ3v) is 4.98. The van der Waals surface area contributed by atoms with Crippen LogP contribution in [0.5, 0.6) is 0 Å². The SMILES string of the molecule is O=C1C(=Cc2ccccc2F)SC(=S)N1CNc1ccc(Cl)cc1. The summed E-state index contributed by atoms with van der Waals surface area (Å²) in [6.45, 7) is 0.237. The van der Waals surface area contributed by atoms with Gasteiger partial charge >= 0.3 is 0 Å². The molecular weight excluding hydrogens is 367 g/mol. The minimum absolute atomic E-state index is 0.237. The summed E-state index contributed by atoms with van der Waals surface area (Å²) >= 11 is 12.3. The second kappa shape index (κ2) is 7.34. The Morgan fingerprint density at radius 2 is 1.92 bits per heavy atom. The van der Waals surface area contributed by atoms with Crippen molar-refractivity contribution >= 4 is 57.6 Å². The van der Waals surface area contributed by atoms with Gasteiger partial charge < -0.3 is 5.32 Å². The molecule has 1 fully saturated rings. The van der Waals surface area contributed by atoms with Gasteiger partial charge in [0, 0.05) is 16.3 Å². The predicted molar refractivity (Wildman–Crippen MR) is 101 cm³/mol. The number of amides is 1. The Morgan fingerprint density at radius 3 is 2.62 bits per heavy atom. The second-order valence-corrected chi connectivity index (χ2v) is 7.09. The fraction of sp³-hybridized carbons (Fsp3) is 0.0588. The lowest BCUT2D eigenvalue weighted by atomic mass is 10.2. The summed E-state index contributed by atoms with van der Waals surface area (Å²) < 4.78 is 14.2.